The van der Waals surface area contributed by atoms with E-state index in [0.29, 0.717) is 18.7 Å². The highest BCUT2D eigenvalue weighted by Gasteiger charge is 2.11. The highest BCUT2D eigenvalue weighted by Crippen LogP contribution is 2.03. The number of aryl methyl sites for hydroxylation is 2. The Kier molecular flexibility index (Phi) is 4.50. The second-order valence-electron chi connectivity index (χ2n) is 3.60. The number of hydrogen-bond donors (Lipinski definition) is 3. The lowest BCUT2D eigenvalue weighted by atomic mass is 10.3. The zero-order valence-corrected chi connectivity index (χ0v) is 9.97. The van der Waals surface area contributed by atoms with Gasteiger partial charge in [0.1, 0.15) is 11.5 Å². The van der Waals surface area contributed by atoms with E-state index in [1.54, 1.807) is 13.1 Å². The number of nitrogens with zero attached hydrogens (tertiary/aromatic N) is 3. The Bertz CT molecular complexity index is 424. The molecule has 1 heterocycles. The summed E-state index contributed by atoms with van der Waals surface area (Å²) in [6.45, 7) is 2.30. The summed E-state index contributed by atoms with van der Waals surface area (Å²) < 4.78 is 1.54. The van der Waals surface area contributed by atoms with Gasteiger partial charge in [0.05, 0.1) is 5.69 Å². The molecule has 0 saturated carbocycles. The smallest absolute Gasteiger partial charge is 0.269 e. The molecule has 0 bridgehead atoms. The van der Waals surface area contributed by atoms with Crippen molar-refractivity contribution in [3.8, 4) is 0 Å². The zero-order chi connectivity index (χ0) is 12.8. The Morgan fingerprint density at radius 1 is 1.71 bits per heavy atom. The van der Waals surface area contributed by atoms with Crippen LogP contribution in [0.3, 0.4) is 0 Å². The summed E-state index contributed by atoms with van der Waals surface area (Å²) >= 11 is 0. The van der Waals surface area contributed by atoms with E-state index in [4.69, 9.17) is 10.9 Å². The minimum atomic E-state index is -0.217. The number of amides is 1. The fourth-order valence-electron chi connectivity index (χ4n) is 1.36. The number of oxime groups is 1. The maximum atomic E-state index is 11.7. The summed E-state index contributed by atoms with van der Waals surface area (Å²) in [5.74, 6) is -0.130. The molecule has 0 aliphatic heterocycles. The first-order chi connectivity index (χ1) is 8.08. The number of rotatable bonds is 5. The molecule has 0 fully saturated rings. The molecular weight excluding hydrogens is 222 g/mol. The average molecular weight is 239 g/mol. The first-order valence-electron chi connectivity index (χ1n) is 5.36. The van der Waals surface area contributed by atoms with Crippen LogP contribution in [0.4, 0.5) is 0 Å². The summed E-state index contributed by atoms with van der Waals surface area (Å²) in [5.41, 5.74) is 6.66. The van der Waals surface area contributed by atoms with E-state index < -0.39 is 0 Å². The molecule has 94 valence electrons. The fourth-order valence-corrected chi connectivity index (χ4v) is 1.36. The quantitative estimate of drug-likeness (QED) is 0.287. The topological polar surface area (TPSA) is 106 Å². The number of nitrogens with two attached hydrogens (primary N) is 1. The summed E-state index contributed by atoms with van der Waals surface area (Å²) in [7, 11) is 1.72. The van der Waals surface area contributed by atoms with E-state index in [0.717, 1.165) is 12.1 Å². The Hall–Kier alpha value is -2.05. The van der Waals surface area contributed by atoms with E-state index in [2.05, 4.69) is 15.6 Å². The monoisotopic (exact) mass is 239 g/mol. The van der Waals surface area contributed by atoms with Crippen LogP contribution in [-0.4, -0.2) is 33.3 Å². The van der Waals surface area contributed by atoms with Gasteiger partial charge in [-0.1, -0.05) is 12.1 Å². The van der Waals surface area contributed by atoms with Gasteiger partial charge in [-0.25, -0.2) is 0 Å². The molecule has 17 heavy (non-hydrogen) atoms. The van der Waals surface area contributed by atoms with Gasteiger partial charge >= 0.3 is 0 Å². The van der Waals surface area contributed by atoms with Crippen LogP contribution in [0.5, 0.6) is 0 Å². The van der Waals surface area contributed by atoms with Gasteiger partial charge in [-0.05, 0) is 12.5 Å². The van der Waals surface area contributed by atoms with Crippen molar-refractivity contribution >= 4 is 11.7 Å². The average Bonchev–Trinajstić information content (AvgIpc) is 2.70. The van der Waals surface area contributed by atoms with Crippen LogP contribution >= 0.6 is 0 Å². The van der Waals surface area contributed by atoms with Gasteiger partial charge in [0.25, 0.3) is 5.91 Å². The van der Waals surface area contributed by atoms with Crippen molar-refractivity contribution in [2.24, 2.45) is 17.9 Å². The van der Waals surface area contributed by atoms with Crippen molar-refractivity contribution in [1.29, 1.82) is 0 Å². The number of carbonyl (C=O) groups is 1. The molecule has 1 aromatic heterocycles. The molecule has 0 saturated heterocycles. The highest BCUT2D eigenvalue weighted by molar-refractivity contribution is 5.93. The number of carbonyl (C=O) groups excluding carboxylic acids is 1. The van der Waals surface area contributed by atoms with E-state index in [-0.39, 0.29) is 11.7 Å². The van der Waals surface area contributed by atoms with Crippen LogP contribution in [0.15, 0.2) is 11.2 Å². The molecule has 1 rings (SSSR count). The summed E-state index contributed by atoms with van der Waals surface area (Å²) in [6, 6.07) is 1.75. The van der Waals surface area contributed by atoms with Gasteiger partial charge in [0, 0.05) is 20.0 Å². The maximum absolute atomic E-state index is 11.7. The molecule has 0 atom stereocenters. The lowest BCUT2D eigenvalue weighted by Crippen LogP contribution is -2.29. The Morgan fingerprint density at radius 2 is 2.41 bits per heavy atom. The molecule has 0 radical (unpaired) electrons. The number of hydrogen-bond acceptors (Lipinski definition) is 4. The van der Waals surface area contributed by atoms with Crippen molar-refractivity contribution in [3.63, 3.8) is 0 Å². The highest BCUT2D eigenvalue weighted by atomic mass is 16.4. The normalized spacial score (nSPS) is 11.5. The molecule has 0 aliphatic rings. The predicted molar refractivity (Wildman–Crippen MR) is 62.9 cm³/mol. The van der Waals surface area contributed by atoms with Crippen molar-refractivity contribution in [2.75, 3.05) is 6.54 Å². The first kappa shape index (κ1) is 13.0. The first-order valence-corrected chi connectivity index (χ1v) is 5.36. The second-order valence-corrected chi connectivity index (χ2v) is 3.60. The lowest BCUT2D eigenvalue weighted by molar-refractivity contribution is 0.0945. The molecule has 0 spiro atoms. The van der Waals surface area contributed by atoms with E-state index in [1.807, 2.05) is 6.92 Å². The third kappa shape index (κ3) is 3.47. The van der Waals surface area contributed by atoms with Gasteiger partial charge in [-0.15, -0.1) is 0 Å². The Labute approximate surface area is 99.3 Å². The molecule has 1 amide bonds. The van der Waals surface area contributed by atoms with Crippen LogP contribution in [0.25, 0.3) is 0 Å². The Balaban J connectivity index is 2.55. The summed E-state index contributed by atoms with van der Waals surface area (Å²) in [6.07, 6.45) is 1.09. The zero-order valence-electron chi connectivity index (χ0n) is 9.97. The second kappa shape index (κ2) is 5.88. The van der Waals surface area contributed by atoms with Crippen LogP contribution in [0.2, 0.25) is 0 Å². The van der Waals surface area contributed by atoms with Gasteiger partial charge in [-0.2, -0.15) is 5.10 Å². The third-order valence-electron chi connectivity index (χ3n) is 2.32. The SMILES string of the molecule is CCc1cc(C(=O)NCCC(N)=NO)n(C)n1. The van der Waals surface area contributed by atoms with E-state index >= 15 is 0 Å². The fraction of sp³-hybridized carbons (Fsp3) is 0.500. The molecule has 0 aromatic carbocycles. The van der Waals surface area contributed by atoms with Crippen molar-refractivity contribution in [1.82, 2.24) is 15.1 Å². The Morgan fingerprint density at radius 3 is 2.94 bits per heavy atom. The lowest BCUT2D eigenvalue weighted by Gasteiger charge is -2.04. The number of nitrogens with one attached hydrogen (secondary N) is 1. The molecule has 0 aliphatic carbocycles. The van der Waals surface area contributed by atoms with Crippen LogP contribution in [0.1, 0.15) is 29.5 Å². The molecule has 1 aromatic rings. The summed E-state index contributed by atoms with van der Waals surface area (Å²) in [4.78, 5) is 11.7. The molecule has 7 nitrogen and oxygen atoms in total. The van der Waals surface area contributed by atoms with Crippen LogP contribution in [-0.2, 0) is 13.5 Å². The third-order valence-corrected chi connectivity index (χ3v) is 2.32. The van der Waals surface area contributed by atoms with Gasteiger partial charge < -0.3 is 16.3 Å². The molecule has 7 heteroatoms. The van der Waals surface area contributed by atoms with Gasteiger partial charge in [-0.3, -0.25) is 9.48 Å². The van der Waals surface area contributed by atoms with Crippen molar-refractivity contribution in [2.45, 2.75) is 19.8 Å². The standard InChI is InChI=1S/C10H17N5O2/c1-3-7-6-8(15(2)13-7)10(16)12-5-4-9(11)14-17/h6,17H,3-5H2,1-2H3,(H2,11,14)(H,12,16). The van der Waals surface area contributed by atoms with Crippen LogP contribution in [0, 0.1) is 0 Å². The van der Waals surface area contributed by atoms with Gasteiger partial charge in [0.2, 0.25) is 0 Å². The molecule has 0 unspecified atom stereocenters. The predicted octanol–water partition coefficient (Wildman–Crippen LogP) is -0.151. The minimum Gasteiger partial charge on any atom is -0.409 e. The molecule has 4 N–H and O–H groups in total. The van der Waals surface area contributed by atoms with Gasteiger partial charge in [0.15, 0.2) is 0 Å². The largest absolute Gasteiger partial charge is 0.409 e. The maximum Gasteiger partial charge on any atom is 0.269 e. The van der Waals surface area contributed by atoms with Crippen LogP contribution < -0.4 is 11.1 Å². The summed E-state index contributed by atoms with van der Waals surface area (Å²) in [5, 5.41) is 18.0. The number of aromatic nitrogens is 2. The van der Waals surface area contributed by atoms with E-state index in [9.17, 15) is 4.79 Å². The van der Waals surface area contributed by atoms with Crippen molar-refractivity contribution in [3.05, 3.63) is 17.5 Å². The van der Waals surface area contributed by atoms with Crippen molar-refractivity contribution < 1.29 is 10.0 Å². The minimum absolute atomic E-state index is 0.0875. The number of amidine groups is 1. The van der Waals surface area contributed by atoms with E-state index in [1.165, 1.54) is 4.68 Å². The molecular formula is C10H17N5O2.